The molecule has 114 valence electrons. The minimum atomic E-state index is -3.66. The smallest absolute Gasteiger partial charge is 0.244 e. The Morgan fingerprint density at radius 3 is 2.65 bits per heavy atom. The predicted molar refractivity (Wildman–Crippen MR) is 76.1 cm³/mol. The Labute approximate surface area is 119 Å². The molecule has 0 aliphatic heterocycles. The molecule has 0 unspecified atom stereocenters. The fourth-order valence-electron chi connectivity index (χ4n) is 1.62. The van der Waals surface area contributed by atoms with E-state index >= 15 is 0 Å². The van der Waals surface area contributed by atoms with Crippen molar-refractivity contribution in [1.82, 2.24) is 9.29 Å². The van der Waals surface area contributed by atoms with Crippen LogP contribution in [0.4, 0.5) is 5.82 Å². The summed E-state index contributed by atoms with van der Waals surface area (Å²) in [7, 11) is -2.17. The van der Waals surface area contributed by atoms with Gasteiger partial charge in [0.25, 0.3) is 0 Å². The average molecular weight is 303 g/mol. The Kier molecular flexibility index (Phi) is 6.86. The molecule has 0 bridgehead atoms. The third-order valence-corrected chi connectivity index (χ3v) is 4.51. The van der Waals surface area contributed by atoms with Crippen molar-refractivity contribution < 1.29 is 18.3 Å². The molecule has 1 heterocycles. The van der Waals surface area contributed by atoms with E-state index in [-0.39, 0.29) is 31.2 Å². The summed E-state index contributed by atoms with van der Waals surface area (Å²) < 4.78 is 30.9. The highest BCUT2D eigenvalue weighted by Crippen LogP contribution is 2.16. The molecular weight excluding hydrogens is 282 g/mol. The second-order valence-corrected chi connectivity index (χ2v) is 5.97. The third-order valence-electron chi connectivity index (χ3n) is 2.63. The van der Waals surface area contributed by atoms with Crippen molar-refractivity contribution >= 4 is 15.8 Å². The number of sulfonamides is 1. The van der Waals surface area contributed by atoms with Crippen LogP contribution < -0.4 is 5.32 Å². The number of ether oxygens (including phenoxy) is 1. The summed E-state index contributed by atoms with van der Waals surface area (Å²) in [6.45, 7) is 2.88. The summed E-state index contributed by atoms with van der Waals surface area (Å²) in [6.07, 6.45) is 1.31. The Morgan fingerprint density at radius 1 is 1.40 bits per heavy atom. The first-order valence-electron chi connectivity index (χ1n) is 6.36. The zero-order valence-corrected chi connectivity index (χ0v) is 12.6. The number of aromatic nitrogens is 1. The van der Waals surface area contributed by atoms with E-state index in [1.54, 1.807) is 6.07 Å². The Morgan fingerprint density at radius 2 is 2.15 bits per heavy atom. The average Bonchev–Trinajstić information content (AvgIpc) is 2.44. The van der Waals surface area contributed by atoms with Crippen LogP contribution in [0.2, 0.25) is 0 Å². The molecular formula is C12H21N3O4S. The van der Waals surface area contributed by atoms with Gasteiger partial charge in [0.1, 0.15) is 10.7 Å². The molecule has 0 fully saturated rings. The number of hydrogen-bond acceptors (Lipinski definition) is 6. The van der Waals surface area contributed by atoms with Crippen LogP contribution in [0.25, 0.3) is 0 Å². The number of methoxy groups -OCH3 is 1. The van der Waals surface area contributed by atoms with Crippen LogP contribution in [-0.4, -0.2) is 62.8 Å². The summed E-state index contributed by atoms with van der Waals surface area (Å²) in [5, 5.41) is 12.0. The molecule has 0 saturated heterocycles. The van der Waals surface area contributed by atoms with Crippen molar-refractivity contribution in [2.24, 2.45) is 0 Å². The highest BCUT2D eigenvalue weighted by molar-refractivity contribution is 7.89. The first-order valence-corrected chi connectivity index (χ1v) is 7.80. The van der Waals surface area contributed by atoms with Gasteiger partial charge >= 0.3 is 0 Å². The van der Waals surface area contributed by atoms with Gasteiger partial charge in [-0.2, -0.15) is 4.31 Å². The van der Waals surface area contributed by atoms with Gasteiger partial charge < -0.3 is 15.2 Å². The van der Waals surface area contributed by atoms with Crippen molar-refractivity contribution in [3.63, 3.8) is 0 Å². The molecule has 0 radical (unpaired) electrons. The maximum Gasteiger partial charge on any atom is 0.244 e. The number of nitrogens with zero attached hydrogens (tertiary/aromatic N) is 2. The molecule has 0 aromatic carbocycles. The van der Waals surface area contributed by atoms with Gasteiger partial charge in [-0.3, -0.25) is 0 Å². The van der Waals surface area contributed by atoms with E-state index in [0.29, 0.717) is 12.4 Å². The highest BCUT2D eigenvalue weighted by Gasteiger charge is 2.24. The summed E-state index contributed by atoms with van der Waals surface area (Å²) in [5.41, 5.74) is 0. The van der Waals surface area contributed by atoms with Crippen LogP contribution in [0.5, 0.6) is 0 Å². The maximum atomic E-state index is 12.4. The summed E-state index contributed by atoms with van der Waals surface area (Å²) in [6, 6.07) is 3.11. The molecule has 1 rings (SSSR count). The van der Waals surface area contributed by atoms with Crippen molar-refractivity contribution in [1.29, 1.82) is 0 Å². The van der Waals surface area contributed by atoms with Crippen LogP contribution in [0.1, 0.15) is 6.92 Å². The zero-order valence-electron chi connectivity index (χ0n) is 11.7. The second-order valence-electron chi connectivity index (χ2n) is 4.03. The van der Waals surface area contributed by atoms with E-state index in [4.69, 9.17) is 9.84 Å². The number of hydrogen-bond donors (Lipinski definition) is 2. The van der Waals surface area contributed by atoms with Gasteiger partial charge in [0.15, 0.2) is 0 Å². The van der Waals surface area contributed by atoms with Crippen LogP contribution >= 0.6 is 0 Å². The molecule has 0 aliphatic carbocycles. The number of aliphatic hydroxyl groups is 1. The minimum Gasteiger partial charge on any atom is -0.395 e. The molecule has 0 spiro atoms. The first kappa shape index (κ1) is 16.8. The molecule has 1 aromatic rings. The van der Waals surface area contributed by atoms with E-state index < -0.39 is 10.0 Å². The quantitative estimate of drug-likeness (QED) is 0.674. The molecule has 8 heteroatoms. The van der Waals surface area contributed by atoms with E-state index in [1.807, 2.05) is 6.92 Å². The van der Waals surface area contributed by atoms with Gasteiger partial charge in [0.05, 0.1) is 13.2 Å². The van der Waals surface area contributed by atoms with E-state index in [0.717, 1.165) is 0 Å². The molecule has 0 amide bonds. The number of anilines is 1. The second kappa shape index (κ2) is 8.15. The SMILES string of the molecule is CCNc1ccc(S(=O)(=O)N(CCO)CCOC)cn1. The van der Waals surface area contributed by atoms with Crippen LogP contribution in [0.3, 0.4) is 0 Å². The molecule has 0 aliphatic rings. The lowest BCUT2D eigenvalue weighted by atomic mass is 10.4. The van der Waals surface area contributed by atoms with Gasteiger partial charge in [-0.15, -0.1) is 0 Å². The zero-order chi connectivity index (χ0) is 15.0. The van der Waals surface area contributed by atoms with Crippen molar-refractivity contribution in [2.75, 3.05) is 45.3 Å². The van der Waals surface area contributed by atoms with Gasteiger partial charge in [0.2, 0.25) is 10.0 Å². The Balaban J connectivity index is 2.93. The lowest BCUT2D eigenvalue weighted by Gasteiger charge is -2.20. The first-order chi connectivity index (χ1) is 9.56. The standard InChI is InChI=1S/C12H21N3O4S/c1-3-13-12-5-4-11(10-14-12)20(17,18)15(6-8-16)7-9-19-2/h4-5,10,16H,3,6-9H2,1-2H3,(H,13,14). The molecule has 0 saturated carbocycles. The molecule has 7 nitrogen and oxygen atoms in total. The summed E-state index contributed by atoms with van der Waals surface area (Å²) in [5.74, 6) is 0.622. The molecule has 1 aromatic heterocycles. The van der Waals surface area contributed by atoms with Gasteiger partial charge in [-0.1, -0.05) is 0 Å². The van der Waals surface area contributed by atoms with Gasteiger partial charge in [-0.05, 0) is 19.1 Å². The van der Waals surface area contributed by atoms with E-state index in [1.165, 1.54) is 23.7 Å². The highest BCUT2D eigenvalue weighted by atomic mass is 32.2. The van der Waals surface area contributed by atoms with Crippen LogP contribution in [0.15, 0.2) is 23.2 Å². The molecule has 20 heavy (non-hydrogen) atoms. The van der Waals surface area contributed by atoms with Gasteiger partial charge in [-0.25, -0.2) is 13.4 Å². The Hall–Kier alpha value is -1.22. The van der Waals surface area contributed by atoms with Gasteiger partial charge in [0, 0.05) is 32.9 Å². The van der Waals surface area contributed by atoms with E-state index in [2.05, 4.69) is 10.3 Å². The largest absolute Gasteiger partial charge is 0.395 e. The maximum absolute atomic E-state index is 12.4. The predicted octanol–water partition coefficient (Wildman–Crippen LogP) is 0.143. The van der Waals surface area contributed by atoms with Crippen LogP contribution in [0, 0.1) is 0 Å². The fourth-order valence-corrected chi connectivity index (χ4v) is 2.99. The van der Waals surface area contributed by atoms with Crippen LogP contribution in [-0.2, 0) is 14.8 Å². The van der Waals surface area contributed by atoms with Crippen molar-refractivity contribution in [3.8, 4) is 0 Å². The lowest BCUT2D eigenvalue weighted by Crippen LogP contribution is -2.36. The lowest BCUT2D eigenvalue weighted by molar-refractivity contribution is 0.168. The topological polar surface area (TPSA) is 91.8 Å². The number of rotatable bonds is 9. The number of pyridine rings is 1. The Bertz CT molecular complexity index is 490. The monoisotopic (exact) mass is 303 g/mol. The number of nitrogens with one attached hydrogen (secondary N) is 1. The molecule has 2 N–H and O–H groups in total. The normalized spacial score (nSPS) is 11.8. The van der Waals surface area contributed by atoms with Crippen molar-refractivity contribution in [2.45, 2.75) is 11.8 Å². The fraction of sp³-hybridized carbons (Fsp3) is 0.583. The minimum absolute atomic E-state index is 0.0284. The molecule has 0 atom stereocenters. The number of aliphatic hydroxyl groups excluding tert-OH is 1. The third kappa shape index (κ3) is 4.41. The summed E-state index contributed by atoms with van der Waals surface area (Å²) in [4.78, 5) is 4.15. The van der Waals surface area contributed by atoms with E-state index in [9.17, 15) is 8.42 Å². The van der Waals surface area contributed by atoms with Crippen molar-refractivity contribution in [3.05, 3.63) is 18.3 Å². The summed E-state index contributed by atoms with van der Waals surface area (Å²) >= 11 is 0.